The van der Waals surface area contributed by atoms with Gasteiger partial charge < -0.3 is 30.6 Å². The van der Waals surface area contributed by atoms with E-state index in [4.69, 9.17) is 20.4 Å². The van der Waals surface area contributed by atoms with Crippen LogP contribution in [0.1, 0.15) is 0 Å². The first kappa shape index (κ1) is 14.8. The van der Waals surface area contributed by atoms with Crippen LogP contribution >= 0.6 is 0 Å². The van der Waals surface area contributed by atoms with Crippen LogP contribution in [0.4, 0.5) is 0 Å². The molecule has 0 aliphatic heterocycles. The van der Waals surface area contributed by atoms with Gasteiger partial charge in [0.1, 0.15) is 0 Å². The molecule has 0 aromatic rings. The van der Waals surface area contributed by atoms with Crippen molar-refractivity contribution in [2.75, 3.05) is 39.6 Å². The van der Waals surface area contributed by atoms with Crippen LogP contribution in [0, 0.1) is 17.3 Å². The third kappa shape index (κ3) is 2.87. The molecule has 0 heterocycles. The summed E-state index contributed by atoms with van der Waals surface area (Å²) in [4.78, 5) is 0. The van der Waals surface area contributed by atoms with E-state index < -0.39 is 56.9 Å². The number of hydrogen-bond acceptors (Lipinski definition) is 6. The van der Waals surface area contributed by atoms with Crippen LogP contribution in [0.3, 0.4) is 0 Å². The van der Waals surface area contributed by atoms with E-state index in [2.05, 4.69) is 0 Å². The summed E-state index contributed by atoms with van der Waals surface area (Å²) >= 11 is 0. The van der Waals surface area contributed by atoms with E-state index in [1.54, 1.807) is 0 Å². The zero-order valence-electron chi connectivity index (χ0n) is 8.58. The van der Waals surface area contributed by atoms with E-state index in [1.165, 1.54) is 0 Å². The van der Waals surface area contributed by atoms with Gasteiger partial charge in [0.25, 0.3) is 0 Å². The highest BCUT2D eigenvalue weighted by Crippen LogP contribution is 2.35. The maximum absolute atomic E-state index is 9.24. The van der Waals surface area contributed by atoms with Gasteiger partial charge in [0, 0.05) is 43.7 Å². The zero-order chi connectivity index (χ0) is 11.9. The Hall–Kier alpha value is -0.240. The molecule has 0 unspecified atom stereocenters. The van der Waals surface area contributed by atoms with Gasteiger partial charge in [-0.05, 0) is 0 Å². The second kappa shape index (κ2) is 7.10. The molecule has 0 aromatic heterocycles. The van der Waals surface area contributed by atoms with E-state index in [0.29, 0.717) is 0 Å². The van der Waals surface area contributed by atoms with Crippen LogP contribution in [0.2, 0.25) is 0 Å². The highest BCUT2D eigenvalue weighted by atomic mass is 16.3. The Morgan fingerprint density at radius 2 is 0.867 bits per heavy atom. The molecular weight excluding hydrogens is 204 g/mol. The van der Waals surface area contributed by atoms with Crippen molar-refractivity contribution < 1.29 is 30.6 Å². The van der Waals surface area contributed by atoms with E-state index in [-0.39, 0.29) is 0 Å². The van der Waals surface area contributed by atoms with Crippen molar-refractivity contribution in [3.8, 4) is 0 Å². The van der Waals surface area contributed by atoms with Crippen LogP contribution < -0.4 is 0 Å². The summed E-state index contributed by atoms with van der Waals surface area (Å²) in [6.45, 7) is -2.80. The lowest BCUT2D eigenvalue weighted by molar-refractivity contribution is -0.103. The Morgan fingerprint density at radius 1 is 0.600 bits per heavy atom. The summed E-state index contributed by atoms with van der Waals surface area (Å²) < 4.78 is 0. The van der Waals surface area contributed by atoms with Gasteiger partial charge in [-0.25, -0.2) is 0 Å². The molecule has 0 radical (unpaired) electrons. The Balaban J connectivity index is 4.98. The molecule has 6 N–H and O–H groups in total. The van der Waals surface area contributed by atoms with E-state index in [1.807, 2.05) is 0 Å². The summed E-state index contributed by atoms with van der Waals surface area (Å²) in [7, 11) is 0. The number of aliphatic hydroxyl groups excluding tert-OH is 6. The molecule has 0 atom stereocenters. The van der Waals surface area contributed by atoms with Crippen LogP contribution in [-0.4, -0.2) is 70.3 Å². The van der Waals surface area contributed by atoms with Gasteiger partial charge in [0.15, 0.2) is 0 Å². The Bertz CT molecular complexity index is 137. The Kier molecular flexibility index (Phi) is 6.99. The summed E-state index contributed by atoms with van der Waals surface area (Å²) in [5.41, 5.74) is -1.27. The van der Waals surface area contributed by atoms with Gasteiger partial charge in [0.2, 0.25) is 0 Å². The largest absolute Gasteiger partial charge is 0.396 e. The first-order valence-electron chi connectivity index (χ1n) is 4.81. The van der Waals surface area contributed by atoms with Crippen LogP contribution in [0.15, 0.2) is 0 Å². The quantitative estimate of drug-likeness (QED) is 0.264. The minimum Gasteiger partial charge on any atom is -0.396 e. The maximum atomic E-state index is 9.24. The van der Waals surface area contributed by atoms with Crippen molar-refractivity contribution in [1.82, 2.24) is 0 Å². The minimum absolute atomic E-state index is 0.436. The molecule has 6 nitrogen and oxygen atoms in total. The average Bonchev–Trinajstić information content (AvgIpc) is 2.29. The molecule has 0 rings (SSSR count). The lowest BCUT2D eigenvalue weighted by Gasteiger charge is -2.41. The molecule has 0 aromatic carbocycles. The first-order chi connectivity index (χ1) is 7.16. The summed E-state index contributed by atoms with van der Waals surface area (Å²) in [5.74, 6) is -1.56. The van der Waals surface area contributed by atoms with Gasteiger partial charge >= 0.3 is 0 Å². The van der Waals surface area contributed by atoms with Gasteiger partial charge in [-0.15, -0.1) is 0 Å². The fourth-order valence-electron chi connectivity index (χ4n) is 1.74. The summed E-state index contributed by atoms with van der Waals surface area (Å²) in [6, 6.07) is 0. The van der Waals surface area contributed by atoms with E-state index in [0.717, 1.165) is 0 Å². The van der Waals surface area contributed by atoms with Crippen LogP contribution in [-0.2, 0) is 0 Å². The number of aliphatic hydroxyl groups is 6. The highest BCUT2D eigenvalue weighted by Gasteiger charge is 2.43. The lowest BCUT2D eigenvalue weighted by atomic mass is 9.68. The average molecular weight is 224 g/mol. The van der Waals surface area contributed by atoms with Crippen LogP contribution in [0.5, 0.6) is 0 Å². The van der Waals surface area contributed by atoms with Gasteiger partial charge in [-0.3, -0.25) is 0 Å². The number of rotatable bonds is 8. The van der Waals surface area contributed by atoms with E-state index >= 15 is 0 Å². The predicted molar refractivity (Wildman–Crippen MR) is 51.9 cm³/mol. The van der Waals surface area contributed by atoms with Crippen LogP contribution in [0.25, 0.3) is 0 Å². The molecule has 6 heteroatoms. The topological polar surface area (TPSA) is 121 Å². The summed E-state index contributed by atoms with van der Waals surface area (Å²) in [6.07, 6.45) is 0. The third-order valence-corrected chi connectivity index (χ3v) is 3.10. The molecule has 0 aliphatic rings. The van der Waals surface area contributed by atoms with Crippen molar-refractivity contribution in [2.24, 2.45) is 17.3 Å². The summed E-state index contributed by atoms with van der Waals surface area (Å²) in [5, 5.41) is 54.5. The molecular formula is C9H20O6. The second-order valence-electron chi connectivity index (χ2n) is 3.67. The van der Waals surface area contributed by atoms with Crippen molar-refractivity contribution in [2.45, 2.75) is 0 Å². The maximum Gasteiger partial charge on any atom is 0.0518 e. The van der Waals surface area contributed by atoms with Gasteiger partial charge in [-0.2, -0.15) is 0 Å². The lowest BCUT2D eigenvalue weighted by Crippen LogP contribution is -2.50. The molecule has 92 valence electrons. The molecule has 0 saturated carbocycles. The molecule has 15 heavy (non-hydrogen) atoms. The normalized spacial score (nSPS) is 12.8. The molecule has 0 aliphatic carbocycles. The van der Waals surface area contributed by atoms with Gasteiger partial charge in [0.05, 0.1) is 13.2 Å². The minimum atomic E-state index is -1.27. The molecule has 0 spiro atoms. The Morgan fingerprint density at radius 3 is 1.00 bits per heavy atom. The number of hydrogen-bond donors (Lipinski definition) is 6. The van der Waals surface area contributed by atoms with E-state index in [9.17, 15) is 10.2 Å². The molecule has 0 saturated heterocycles. The van der Waals surface area contributed by atoms with Crippen molar-refractivity contribution in [1.29, 1.82) is 0 Å². The van der Waals surface area contributed by atoms with Crippen molar-refractivity contribution >= 4 is 0 Å². The smallest absolute Gasteiger partial charge is 0.0518 e. The van der Waals surface area contributed by atoms with Gasteiger partial charge in [-0.1, -0.05) is 0 Å². The third-order valence-electron chi connectivity index (χ3n) is 3.10. The Labute approximate surface area is 88.4 Å². The van der Waals surface area contributed by atoms with Crippen molar-refractivity contribution in [3.05, 3.63) is 0 Å². The van der Waals surface area contributed by atoms with Crippen molar-refractivity contribution in [3.63, 3.8) is 0 Å². The molecule has 0 amide bonds. The zero-order valence-corrected chi connectivity index (χ0v) is 8.58. The second-order valence-corrected chi connectivity index (χ2v) is 3.67. The predicted octanol–water partition coefficient (Wildman–Crippen LogP) is -2.84. The SMILES string of the molecule is OCC(CO)C(CO)(CO)C(CO)CO. The monoisotopic (exact) mass is 224 g/mol. The first-order valence-corrected chi connectivity index (χ1v) is 4.81. The standard InChI is InChI=1S/C9H20O6/c10-1-7(2-11)9(5-14,6-15)8(3-12)4-13/h7-8,10-15H,1-6H2. The fourth-order valence-corrected chi connectivity index (χ4v) is 1.74. The molecule has 0 fully saturated rings. The fraction of sp³-hybridized carbons (Fsp3) is 1.00. The molecule has 0 bridgehead atoms. The highest BCUT2D eigenvalue weighted by molar-refractivity contribution is 4.91.